The molecule has 2 heteroatoms. The van der Waals surface area contributed by atoms with Gasteiger partial charge in [0.05, 0.1) is 5.69 Å². The van der Waals surface area contributed by atoms with Gasteiger partial charge in [-0.25, -0.2) is 0 Å². The molecule has 0 bridgehead atoms. The summed E-state index contributed by atoms with van der Waals surface area (Å²) < 4.78 is 6.19. The summed E-state index contributed by atoms with van der Waals surface area (Å²) in [5, 5.41) is 2.27. The van der Waals surface area contributed by atoms with Crippen molar-refractivity contribution in [2.24, 2.45) is 0 Å². The Hall–Kier alpha value is -6.64. The average molecular weight is 720 g/mol. The van der Waals surface area contributed by atoms with Crippen molar-refractivity contribution in [2.45, 2.75) is 38.5 Å². The third-order valence-electron chi connectivity index (χ3n) is 12.7. The molecule has 11 rings (SSSR count). The lowest BCUT2D eigenvalue weighted by molar-refractivity contribution is 0.660. The predicted molar refractivity (Wildman–Crippen MR) is 234 cm³/mol. The van der Waals surface area contributed by atoms with Gasteiger partial charge >= 0.3 is 0 Å². The number of hydrogen-bond donors (Lipinski definition) is 0. The van der Waals surface area contributed by atoms with Gasteiger partial charge in [-0.2, -0.15) is 0 Å². The Morgan fingerprint density at radius 2 is 0.964 bits per heavy atom. The highest BCUT2D eigenvalue weighted by Gasteiger charge is 2.38. The highest BCUT2D eigenvalue weighted by atomic mass is 16.3. The molecule has 8 aromatic carbocycles. The van der Waals surface area contributed by atoms with E-state index in [4.69, 9.17) is 4.42 Å². The number of fused-ring (bicyclic) bond motifs is 9. The zero-order chi connectivity index (χ0) is 37.8. The summed E-state index contributed by atoms with van der Waals surface area (Å²) in [6.45, 7) is 9.41. The first kappa shape index (κ1) is 32.8. The Morgan fingerprint density at radius 3 is 1.80 bits per heavy atom. The highest BCUT2D eigenvalue weighted by molar-refractivity contribution is 6.06. The average Bonchev–Trinajstić information content (AvgIpc) is 3.81. The van der Waals surface area contributed by atoms with Crippen LogP contribution in [0.5, 0.6) is 0 Å². The van der Waals surface area contributed by atoms with E-state index in [2.05, 4.69) is 196 Å². The smallest absolute Gasteiger partial charge is 0.135 e. The summed E-state index contributed by atoms with van der Waals surface area (Å²) >= 11 is 0. The van der Waals surface area contributed by atoms with E-state index < -0.39 is 0 Å². The minimum atomic E-state index is -0.108. The van der Waals surface area contributed by atoms with Gasteiger partial charge < -0.3 is 9.32 Å². The van der Waals surface area contributed by atoms with Crippen LogP contribution in [0.3, 0.4) is 0 Å². The van der Waals surface area contributed by atoms with Crippen LogP contribution >= 0.6 is 0 Å². The lowest BCUT2D eigenvalue weighted by Crippen LogP contribution is -2.16. The van der Waals surface area contributed by atoms with Gasteiger partial charge in [-0.3, -0.25) is 0 Å². The molecule has 0 amide bonds. The van der Waals surface area contributed by atoms with Crippen molar-refractivity contribution in [1.29, 1.82) is 0 Å². The maximum atomic E-state index is 6.19. The van der Waals surface area contributed by atoms with Crippen molar-refractivity contribution in [3.8, 4) is 44.5 Å². The molecule has 0 atom stereocenters. The largest absolute Gasteiger partial charge is 0.456 e. The van der Waals surface area contributed by atoms with Gasteiger partial charge in [0.1, 0.15) is 11.2 Å². The summed E-state index contributed by atoms with van der Waals surface area (Å²) in [5.74, 6) is 0. The second kappa shape index (κ2) is 11.9. The molecule has 0 N–H and O–H groups in total. The Labute approximate surface area is 328 Å². The number of rotatable bonds is 5. The van der Waals surface area contributed by atoms with Crippen molar-refractivity contribution in [3.63, 3.8) is 0 Å². The van der Waals surface area contributed by atoms with Gasteiger partial charge in [-0.1, -0.05) is 149 Å². The van der Waals surface area contributed by atoms with Crippen LogP contribution < -0.4 is 4.90 Å². The van der Waals surface area contributed by atoms with Crippen LogP contribution in [0.2, 0.25) is 0 Å². The molecule has 0 spiro atoms. The number of hydrogen-bond acceptors (Lipinski definition) is 2. The molecule has 56 heavy (non-hydrogen) atoms. The maximum Gasteiger partial charge on any atom is 0.135 e. The van der Waals surface area contributed by atoms with E-state index in [1.807, 2.05) is 12.1 Å². The van der Waals surface area contributed by atoms with E-state index in [-0.39, 0.29) is 10.8 Å². The molecule has 9 aromatic rings. The number of nitrogens with zero attached hydrogens (tertiary/aromatic N) is 1. The van der Waals surface area contributed by atoms with E-state index in [0.29, 0.717) is 0 Å². The van der Waals surface area contributed by atoms with Crippen molar-refractivity contribution < 1.29 is 4.42 Å². The number of benzene rings is 8. The third kappa shape index (κ3) is 4.75. The van der Waals surface area contributed by atoms with Crippen LogP contribution in [0, 0.1) is 0 Å². The molecule has 0 saturated heterocycles. The Bertz CT molecular complexity index is 3030. The zero-order valence-corrected chi connectivity index (χ0v) is 32.1. The molecule has 0 saturated carbocycles. The molecule has 1 heterocycles. The SMILES string of the molecule is CC1(C)c2ccccc2-c2ccc(-c3ccc(N(c4cccc(-c5ccc6oc7ccccc7c6c5)c4)c4cccc5c4-c4ccccc4C5(C)C)cc3)cc21. The number of furan rings is 1. The van der Waals surface area contributed by atoms with E-state index in [0.717, 1.165) is 44.4 Å². The first-order valence-electron chi connectivity index (χ1n) is 19.7. The molecule has 2 aliphatic carbocycles. The topological polar surface area (TPSA) is 16.4 Å². The lowest BCUT2D eigenvalue weighted by Gasteiger charge is -2.29. The highest BCUT2D eigenvalue weighted by Crippen LogP contribution is 2.55. The molecule has 0 aliphatic heterocycles. The monoisotopic (exact) mass is 719 g/mol. The normalized spacial score (nSPS) is 14.4. The van der Waals surface area contributed by atoms with Gasteiger partial charge in [0, 0.05) is 38.5 Å². The van der Waals surface area contributed by atoms with Crippen LogP contribution in [0.25, 0.3) is 66.4 Å². The fraction of sp³-hybridized carbons (Fsp3) is 0.111. The van der Waals surface area contributed by atoms with E-state index >= 15 is 0 Å². The number of anilines is 3. The second-order valence-electron chi connectivity index (χ2n) is 16.5. The van der Waals surface area contributed by atoms with Gasteiger partial charge in [0.15, 0.2) is 0 Å². The van der Waals surface area contributed by atoms with Crippen molar-refractivity contribution in [2.75, 3.05) is 4.90 Å². The molecule has 2 nitrogen and oxygen atoms in total. The van der Waals surface area contributed by atoms with Gasteiger partial charge in [0.2, 0.25) is 0 Å². The Morgan fingerprint density at radius 1 is 0.375 bits per heavy atom. The first-order chi connectivity index (χ1) is 27.3. The van der Waals surface area contributed by atoms with E-state index in [1.54, 1.807) is 0 Å². The van der Waals surface area contributed by atoms with Crippen LogP contribution in [0.15, 0.2) is 180 Å². The molecule has 1 aromatic heterocycles. The summed E-state index contributed by atoms with van der Waals surface area (Å²) in [5.41, 5.74) is 20.7. The fourth-order valence-electron chi connectivity index (χ4n) is 9.77. The maximum absolute atomic E-state index is 6.19. The van der Waals surface area contributed by atoms with Crippen molar-refractivity contribution >= 4 is 39.0 Å². The molecule has 0 fully saturated rings. The van der Waals surface area contributed by atoms with Crippen LogP contribution in [-0.2, 0) is 10.8 Å². The second-order valence-corrected chi connectivity index (χ2v) is 16.5. The summed E-state index contributed by atoms with van der Waals surface area (Å²) in [6, 6.07) is 64.7. The summed E-state index contributed by atoms with van der Waals surface area (Å²) in [6.07, 6.45) is 0. The lowest BCUT2D eigenvalue weighted by atomic mass is 9.81. The molecule has 0 radical (unpaired) electrons. The minimum absolute atomic E-state index is 0.0450. The fourth-order valence-corrected chi connectivity index (χ4v) is 9.77. The van der Waals surface area contributed by atoms with Crippen LogP contribution in [0.1, 0.15) is 49.9 Å². The molecule has 2 aliphatic rings. The van der Waals surface area contributed by atoms with Gasteiger partial charge in [-0.15, -0.1) is 0 Å². The molecular weight excluding hydrogens is 679 g/mol. The first-order valence-corrected chi connectivity index (χ1v) is 19.7. The van der Waals surface area contributed by atoms with Crippen LogP contribution in [0.4, 0.5) is 17.1 Å². The third-order valence-corrected chi connectivity index (χ3v) is 12.7. The Balaban J connectivity index is 1.06. The summed E-state index contributed by atoms with van der Waals surface area (Å²) in [7, 11) is 0. The standard InChI is InChI=1S/C54H41NO/c1-53(2)46-19-9-6-17-43(46)52-47(53)20-12-21-49(52)55(39-14-11-13-35(31-39)36-26-30-51-44(32-36)42-16-7-10-22-50(42)56-51)38-27-23-34(24-28-38)37-25-29-41-40-15-5-8-18-45(40)54(3,4)48(41)33-37/h5-33H,1-4H3. The van der Waals surface area contributed by atoms with Crippen LogP contribution in [-0.4, -0.2) is 0 Å². The van der Waals surface area contributed by atoms with Gasteiger partial charge in [-0.05, 0) is 116 Å². The summed E-state index contributed by atoms with van der Waals surface area (Å²) in [4.78, 5) is 2.46. The zero-order valence-electron chi connectivity index (χ0n) is 32.1. The number of para-hydroxylation sites is 1. The molecule has 0 unspecified atom stereocenters. The quantitative estimate of drug-likeness (QED) is 0.176. The van der Waals surface area contributed by atoms with E-state index in [9.17, 15) is 0 Å². The van der Waals surface area contributed by atoms with Crippen molar-refractivity contribution in [3.05, 3.63) is 198 Å². The predicted octanol–water partition coefficient (Wildman–Crippen LogP) is 15.0. The Kier molecular flexibility index (Phi) is 6.98. The van der Waals surface area contributed by atoms with Crippen molar-refractivity contribution in [1.82, 2.24) is 0 Å². The molecule has 268 valence electrons. The minimum Gasteiger partial charge on any atom is -0.456 e. The molecular formula is C54H41NO. The van der Waals surface area contributed by atoms with E-state index in [1.165, 1.54) is 61.3 Å². The van der Waals surface area contributed by atoms with Gasteiger partial charge in [0.25, 0.3) is 0 Å².